The number of carboxylic acid groups (broad SMARTS) is 1. The lowest BCUT2D eigenvalue weighted by Gasteiger charge is -2.18. The highest BCUT2D eigenvalue weighted by atomic mass is 19.4. The van der Waals surface area contributed by atoms with Gasteiger partial charge in [-0.3, -0.25) is 9.59 Å². The number of hydrogen-bond acceptors (Lipinski definition) is 2. The predicted molar refractivity (Wildman–Crippen MR) is 72.4 cm³/mol. The van der Waals surface area contributed by atoms with Gasteiger partial charge in [0.25, 0.3) is 0 Å². The van der Waals surface area contributed by atoms with Crippen molar-refractivity contribution < 1.29 is 41.0 Å². The number of carbonyl (C=O) groups excluding carboxylic acids is 1. The quantitative estimate of drug-likeness (QED) is 0.834. The van der Waals surface area contributed by atoms with Crippen LogP contribution in [0.25, 0.3) is 0 Å². The summed E-state index contributed by atoms with van der Waals surface area (Å²) >= 11 is 0. The van der Waals surface area contributed by atoms with Gasteiger partial charge in [0, 0.05) is 13.1 Å². The van der Waals surface area contributed by atoms with E-state index in [-0.39, 0.29) is 5.56 Å². The highest BCUT2D eigenvalue weighted by molar-refractivity contribution is 5.81. The van der Waals surface area contributed by atoms with Crippen LogP contribution in [0.3, 0.4) is 0 Å². The van der Waals surface area contributed by atoms with Crippen molar-refractivity contribution in [2.45, 2.75) is 18.8 Å². The third-order valence-electron chi connectivity index (χ3n) is 4.05. The molecule has 4 nitrogen and oxygen atoms in total. The van der Waals surface area contributed by atoms with Crippen molar-refractivity contribution in [3.8, 4) is 0 Å². The fourth-order valence-electron chi connectivity index (χ4n) is 2.69. The summed E-state index contributed by atoms with van der Waals surface area (Å²) in [6, 6.07) is 3.66. The van der Waals surface area contributed by atoms with Gasteiger partial charge in [0.05, 0.1) is 23.8 Å². The molecule has 25 heavy (non-hydrogen) atoms. The minimum Gasteiger partial charge on any atom is -0.481 e. The summed E-state index contributed by atoms with van der Waals surface area (Å²) in [4.78, 5) is 23.8. The minimum absolute atomic E-state index is 0.195. The molecule has 2 atom stereocenters. The number of benzene rings is 1. The molecule has 0 radical (unpaired) electrons. The molecule has 0 bridgehead atoms. The number of aliphatic carboxylic acids is 1. The zero-order chi connectivity index (χ0) is 19.0. The molecule has 1 N–H and O–H groups in total. The van der Waals surface area contributed by atoms with Crippen LogP contribution in [0.5, 0.6) is 0 Å². The van der Waals surface area contributed by atoms with Gasteiger partial charge < -0.3 is 10.0 Å². The fraction of sp³-hybridized carbons (Fsp3) is 0.467. The smallest absolute Gasteiger partial charge is 0.416 e. The summed E-state index contributed by atoms with van der Waals surface area (Å²) < 4.78 is 76.0. The molecule has 1 heterocycles. The lowest BCUT2D eigenvalue weighted by molar-refractivity contribution is -0.188. The maximum absolute atomic E-state index is 12.9. The number of likely N-dealkylation sites (tertiary alicyclic amines) is 1. The van der Waals surface area contributed by atoms with Crippen LogP contribution in [0.4, 0.5) is 26.3 Å². The van der Waals surface area contributed by atoms with Crippen molar-refractivity contribution in [2.24, 2.45) is 11.8 Å². The lowest BCUT2D eigenvalue weighted by Crippen LogP contribution is -2.34. The molecule has 0 aliphatic carbocycles. The maximum Gasteiger partial charge on any atom is 0.416 e. The summed E-state index contributed by atoms with van der Waals surface area (Å²) in [5.41, 5.74) is -0.715. The van der Waals surface area contributed by atoms with Gasteiger partial charge in [-0.1, -0.05) is 12.1 Å². The average molecular weight is 369 g/mol. The normalized spacial score (nSPS) is 21.4. The van der Waals surface area contributed by atoms with Crippen LogP contribution in [-0.2, 0) is 22.2 Å². The van der Waals surface area contributed by atoms with Gasteiger partial charge in [-0.05, 0) is 17.7 Å². The van der Waals surface area contributed by atoms with E-state index in [1.807, 2.05) is 0 Å². The summed E-state index contributed by atoms with van der Waals surface area (Å²) in [6.07, 6.45) is -9.70. The average Bonchev–Trinajstić information content (AvgIpc) is 2.92. The van der Waals surface area contributed by atoms with E-state index in [4.69, 9.17) is 5.11 Å². The number of nitrogens with zero attached hydrogens (tertiary/aromatic N) is 1. The topological polar surface area (TPSA) is 57.6 Å². The van der Waals surface area contributed by atoms with Crippen molar-refractivity contribution in [1.29, 1.82) is 0 Å². The first-order valence-corrected chi connectivity index (χ1v) is 7.13. The Morgan fingerprint density at radius 2 is 1.60 bits per heavy atom. The highest BCUT2D eigenvalue weighted by Gasteiger charge is 2.53. The zero-order valence-corrected chi connectivity index (χ0v) is 12.6. The molecule has 2 rings (SSSR count). The Bertz CT molecular complexity index is 653. The Balaban J connectivity index is 2.07. The Kier molecular flexibility index (Phi) is 5.01. The first-order valence-electron chi connectivity index (χ1n) is 7.13. The largest absolute Gasteiger partial charge is 0.481 e. The number of carbonyl (C=O) groups is 2. The Morgan fingerprint density at radius 3 is 2.00 bits per heavy atom. The molecule has 10 heteroatoms. The number of halogens is 6. The molecule has 1 fully saturated rings. The van der Waals surface area contributed by atoms with Crippen LogP contribution in [0, 0.1) is 11.8 Å². The monoisotopic (exact) mass is 369 g/mol. The summed E-state index contributed by atoms with van der Waals surface area (Å²) in [5.74, 6) is -6.33. The SMILES string of the molecule is O=C(O)[C@@H]1CN(C(=O)Cc2ccc(C(F)(F)F)cc2)C[C@H]1C(F)(F)F. The van der Waals surface area contributed by atoms with Crippen LogP contribution >= 0.6 is 0 Å². The van der Waals surface area contributed by atoms with E-state index >= 15 is 0 Å². The zero-order valence-electron chi connectivity index (χ0n) is 12.6. The fourth-order valence-corrected chi connectivity index (χ4v) is 2.69. The lowest BCUT2D eigenvalue weighted by atomic mass is 9.96. The van der Waals surface area contributed by atoms with Gasteiger partial charge in [0.1, 0.15) is 0 Å². The number of hydrogen-bond donors (Lipinski definition) is 1. The third kappa shape index (κ3) is 4.43. The second-order valence-corrected chi connectivity index (χ2v) is 5.76. The molecule has 0 aromatic heterocycles. The van der Waals surface area contributed by atoms with Crippen LogP contribution in [0.15, 0.2) is 24.3 Å². The molecule has 0 unspecified atom stereocenters. The second-order valence-electron chi connectivity index (χ2n) is 5.76. The molecule has 0 saturated carbocycles. The Labute approximate surface area is 138 Å². The van der Waals surface area contributed by atoms with E-state index in [2.05, 4.69) is 0 Å². The summed E-state index contributed by atoms with van der Waals surface area (Å²) in [7, 11) is 0. The van der Waals surface area contributed by atoms with E-state index in [9.17, 15) is 35.9 Å². The van der Waals surface area contributed by atoms with Crippen molar-refractivity contribution in [1.82, 2.24) is 4.90 Å². The van der Waals surface area contributed by atoms with Gasteiger partial charge in [0.2, 0.25) is 5.91 Å². The first kappa shape index (κ1) is 19.1. The van der Waals surface area contributed by atoms with E-state index in [0.717, 1.165) is 29.2 Å². The molecule has 1 aromatic rings. The molecule has 1 amide bonds. The molecule has 0 spiro atoms. The second kappa shape index (κ2) is 6.57. The van der Waals surface area contributed by atoms with Gasteiger partial charge in [0.15, 0.2) is 0 Å². The molecule has 1 aliphatic heterocycles. The standard InChI is InChI=1S/C15H13F6NO3/c16-14(17,18)9-3-1-8(2-4-9)5-12(23)22-6-10(13(24)25)11(7-22)15(19,20)21/h1-4,10-11H,5-7H2,(H,24,25)/t10-,11-/m1/s1. The molecular weight excluding hydrogens is 356 g/mol. The van der Waals surface area contributed by atoms with E-state index in [1.165, 1.54) is 0 Å². The number of amides is 1. The molecule has 1 aromatic carbocycles. The molecular formula is C15H13F6NO3. The van der Waals surface area contributed by atoms with Crippen molar-refractivity contribution in [3.05, 3.63) is 35.4 Å². The number of carboxylic acids is 1. The van der Waals surface area contributed by atoms with E-state index in [1.54, 1.807) is 0 Å². The molecule has 1 saturated heterocycles. The van der Waals surface area contributed by atoms with E-state index in [0.29, 0.717) is 0 Å². The highest BCUT2D eigenvalue weighted by Crippen LogP contribution is 2.38. The van der Waals surface area contributed by atoms with Gasteiger partial charge >= 0.3 is 18.3 Å². The number of alkyl halides is 6. The summed E-state index contributed by atoms with van der Waals surface area (Å²) in [6.45, 7) is -1.36. The minimum atomic E-state index is -4.76. The predicted octanol–water partition coefficient (Wildman–Crippen LogP) is 2.97. The first-order chi connectivity index (χ1) is 11.4. The van der Waals surface area contributed by atoms with E-state index < -0.39 is 61.1 Å². The van der Waals surface area contributed by atoms with Crippen molar-refractivity contribution in [2.75, 3.05) is 13.1 Å². The Hall–Kier alpha value is -2.26. The molecule has 138 valence electrons. The molecule has 1 aliphatic rings. The van der Waals surface area contributed by atoms with Gasteiger partial charge in [-0.15, -0.1) is 0 Å². The van der Waals surface area contributed by atoms with Crippen LogP contribution < -0.4 is 0 Å². The van der Waals surface area contributed by atoms with Gasteiger partial charge in [-0.25, -0.2) is 0 Å². The maximum atomic E-state index is 12.9. The van der Waals surface area contributed by atoms with Crippen LogP contribution in [-0.4, -0.2) is 41.1 Å². The van der Waals surface area contributed by atoms with Crippen LogP contribution in [0.1, 0.15) is 11.1 Å². The summed E-state index contributed by atoms with van der Waals surface area (Å²) in [5, 5.41) is 8.90. The van der Waals surface area contributed by atoms with Crippen LogP contribution in [0.2, 0.25) is 0 Å². The third-order valence-corrected chi connectivity index (χ3v) is 4.05. The van der Waals surface area contributed by atoms with Gasteiger partial charge in [-0.2, -0.15) is 26.3 Å². The van der Waals surface area contributed by atoms with Crippen molar-refractivity contribution in [3.63, 3.8) is 0 Å². The number of rotatable bonds is 3. The van der Waals surface area contributed by atoms with Crippen molar-refractivity contribution >= 4 is 11.9 Å². The Morgan fingerprint density at radius 1 is 1.04 bits per heavy atom.